The van der Waals surface area contributed by atoms with E-state index in [4.69, 9.17) is 10.5 Å². The summed E-state index contributed by atoms with van der Waals surface area (Å²) in [6.07, 6.45) is 1.01. The van der Waals surface area contributed by atoms with E-state index in [1.807, 2.05) is 13.8 Å². The third kappa shape index (κ3) is 4.21. The molecule has 0 radical (unpaired) electrons. The highest BCUT2D eigenvalue weighted by Crippen LogP contribution is 2.18. The molecule has 0 aliphatic rings. The van der Waals surface area contributed by atoms with Crippen molar-refractivity contribution in [1.29, 1.82) is 0 Å². The minimum atomic E-state index is -0.866. The van der Waals surface area contributed by atoms with Crippen LogP contribution in [0, 0.1) is 6.92 Å². The Kier molecular flexibility index (Phi) is 6.20. The van der Waals surface area contributed by atoms with E-state index in [1.54, 1.807) is 6.92 Å². The number of nitrogens with one attached hydrogen (secondary N) is 1. The molecule has 0 fully saturated rings. The van der Waals surface area contributed by atoms with Gasteiger partial charge in [-0.05, 0) is 27.2 Å². The molecule has 0 bridgehead atoms. The summed E-state index contributed by atoms with van der Waals surface area (Å²) in [5.74, 6) is -0.942. The highest BCUT2D eigenvalue weighted by Gasteiger charge is 2.24. The van der Waals surface area contributed by atoms with Crippen LogP contribution in [0.1, 0.15) is 49.8 Å². The fourth-order valence-electron chi connectivity index (χ4n) is 1.84. The fourth-order valence-corrected chi connectivity index (χ4v) is 1.84. The number of hydrogen-bond acceptors (Lipinski definition) is 5. The average molecular weight is 296 g/mol. The van der Waals surface area contributed by atoms with Gasteiger partial charge in [0, 0.05) is 13.1 Å². The SMILES string of the molecule is CCCCNC(=O)C(C)OC(=O)c1c(N)c(C)nn1CC. The van der Waals surface area contributed by atoms with Crippen molar-refractivity contribution in [2.45, 2.75) is 53.2 Å². The van der Waals surface area contributed by atoms with E-state index in [-0.39, 0.29) is 11.6 Å². The van der Waals surface area contributed by atoms with Crippen LogP contribution in [-0.2, 0) is 16.1 Å². The van der Waals surface area contributed by atoms with Gasteiger partial charge in [-0.25, -0.2) is 4.79 Å². The van der Waals surface area contributed by atoms with Crippen LogP contribution in [0.5, 0.6) is 0 Å². The molecule has 1 amide bonds. The molecule has 7 nitrogen and oxygen atoms in total. The molecule has 21 heavy (non-hydrogen) atoms. The first kappa shape index (κ1) is 17.0. The average Bonchev–Trinajstić information content (AvgIpc) is 2.74. The molecule has 0 saturated carbocycles. The first-order valence-corrected chi connectivity index (χ1v) is 7.23. The quantitative estimate of drug-likeness (QED) is 0.583. The lowest BCUT2D eigenvalue weighted by molar-refractivity contribution is -0.129. The Morgan fingerprint density at radius 2 is 2.10 bits per heavy atom. The van der Waals surface area contributed by atoms with E-state index in [0.717, 1.165) is 12.8 Å². The number of anilines is 1. The van der Waals surface area contributed by atoms with E-state index < -0.39 is 12.1 Å². The second-order valence-corrected chi connectivity index (χ2v) is 4.86. The molecule has 118 valence electrons. The zero-order valence-corrected chi connectivity index (χ0v) is 13.1. The normalized spacial score (nSPS) is 12.0. The topological polar surface area (TPSA) is 99.2 Å². The molecule has 0 aromatic carbocycles. The van der Waals surface area contributed by atoms with Gasteiger partial charge in [0.2, 0.25) is 0 Å². The number of nitrogens with two attached hydrogens (primary N) is 1. The van der Waals surface area contributed by atoms with E-state index >= 15 is 0 Å². The van der Waals surface area contributed by atoms with Gasteiger partial charge in [-0.3, -0.25) is 9.48 Å². The molecule has 1 aromatic rings. The van der Waals surface area contributed by atoms with Crippen LogP contribution in [0.25, 0.3) is 0 Å². The monoisotopic (exact) mass is 296 g/mol. The van der Waals surface area contributed by atoms with Crippen LogP contribution < -0.4 is 11.1 Å². The highest BCUT2D eigenvalue weighted by atomic mass is 16.5. The van der Waals surface area contributed by atoms with Gasteiger partial charge in [-0.2, -0.15) is 5.10 Å². The third-order valence-corrected chi connectivity index (χ3v) is 3.15. The Morgan fingerprint density at radius 3 is 2.67 bits per heavy atom. The number of rotatable bonds is 7. The summed E-state index contributed by atoms with van der Waals surface area (Å²) < 4.78 is 6.65. The number of nitrogens with zero attached hydrogens (tertiary/aromatic N) is 2. The number of aryl methyl sites for hydroxylation is 2. The molecule has 0 aliphatic carbocycles. The standard InChI is InChI=1S/C14H24N4O3/c1-5-7-8-16-13(19)10(4)21-14(20)12-11(15)9(3)17-18(12)6-2/h10H,5-8,15H2,1-4H3,(H,16,19). The number of nitrogen functional groups attached to an aromatic ring is 1. The van der Waals surface area contributed by atoms with Gasteiger partial charge in [0.25, 0.3) is 5.91 Å². The summed E-state index contributed by atoms with van der Waals surface area (Å²) in [4.78, 5) is 23.9. The number of unbranched alkanes of at least 4 members (excludes halogenated alkanes) is 1. The second-order valence-electron chi connectivity index (χ2n) is 4.86. The van der Waals surface area contributed by atoms with Gasteiger partial charge in [-0.15, -0.1) is 0 Å². The fraction of sp³-hybridized carbons (Fsp3) is 0.643. The smallest absolute Gasteiger partial charge is 0.359 e. The van der Waals surface area contributed by atoms with Crippen molar-refractivity contribution >= 4 is 17.6 Å². The number of carbonyl (C=O) groups excluding carboxylic acids is 2. The molecule has 3 N–H and O–H groups in total. The molecular formula is C14H24N4O3. The van der Waals surface area contributed by atoms with Crippen molar-refractivity contribution in [2.75, 3.05) is 12.3 Å². The van der Waals surface area contributed by atoms with Gasteiger partial charge >= 0.3 is 5.97 Å². The predicted molar refractivity (Wildman–Crippen MR) is 79.8 cm³/mol. The minimum absolute atomic E-state index is 0.197. The van der Waals surface area contributed by atoms with Crippen LogP contribution in [0.15, 0.2) is 0 Å². The molecule has 1 heterocycles. The lowest BCUT2D eigenvalue weighted by Crippen LogP contribution is -2.36. The summed E-state index contributed by atoms with van der Waals surface area (Å²) in [5, 5.41) is 6.87. The molecule has 1 aromatic heterocycles. The molecule has 0 spiro atoms. The van der Waals surface area contributed by atoms with Crippen LogP contribution >= 0.6 is 0 Å². The van der Waals surface area contributed by atoms with Crippen molar-refractivity contribution in [3.63, 3.8) is 0 Å². The molecule has 1 rings (SSSR count). The number of esters is 1. The van der Waals surface area contributed by atoms with Gasteiger partial charge in [0.1, 0.15) is 0 Å². The lowest BCUT2D eigenvalue weighted by atomic mass is 10.3. The summed E-state index contributed by atoms with van der Waals surface area (Å²) in [7, 11) is 0. The zero-order valence-electron chi connectivity index (χ0n) is 13.1. The Hall–Kier alpha value is -2.05. The minimum Gasteiger partial charge on any atom is -0.448 e. The van der Waals surface area contributed by atoms with E-state index in [9.17, 15) is 9.59 Å². The largest absolute Gasteiger partial charge is 0.448 e. The summed E-state index contributed by atoms with van der Waals surface area (Å²) in [6.45, 7) is 8.22. The van der Waals surface area contributed by atoms with E-state index in [0.29, 0.717) is 24.5 Å². The summed E-state index contributed by atoms with van der Waals surface area (Å²) in [5.41, 5.74) is 6.91. The molecule has 0 saturated heterocycles. The first-order chi connectivity index (χ1) is 9.92. The Balaban J connectivity index is 2.70. The van der Waals surface area contributed by atoms with E-state index in [2.05, 4.69) is 10.4 Å². The molecule has 7 heteroatoms. The maximum absolute atomic E-state index is 12.2. The molecule has 1 unspecified atom stereocenters. The lowest BCUT2D eigenvalue weighted by Gasteiger charge is -2.14. The number of carbonyl (C=O) groups is 2. The predicted octanol–water partition coefficient (Wildman–Crippen LogP) is 1.26. The van der Waals surface area contributed by atoms with Crippen molar-refractivity contribution < 1.29 is 14.3 Å². The third-order valence-electron chi connectivity index (χ3n) is 3.15. The first-order valence-electron chi connectivity index (χ1n) is 7.23. The summed E-state index contributed by atoms with van der Waals surface area (Å²) in [6, 6.07) is 0. The van der Waals surface area contributed by atoms with E-state index in [1.165, 1.54) is 11.6 Å². The van der Waals surface area contributed by atoms with Crippen molar-refractivity contribution in [1.82, 2.24) is 15.1 Å². The molecular weight excluding hydrogens is 272 g/mol. The summed E-state index contributed by atoms with van der Waals surface area (Å²) >= 11 is 0. The number of ether oxygens (including phenoxy) is 1. The van der Waals surface area contributed by atoms with Crippen molar-refractivity contribution in [3.05, 3.63) is 11.4 Å². The zero-order chi connectivity index (χ0) is 16.0. The highest BCUT2D eigenvalue weighted by molar-refractivity contribution is 5.95. The van der Waals surface area contributed by atoms with Crippen LogP contribution in [-0.4, -0.2) is 34.3 Å². The Labute approximate surface area is 124 Å². The van der Waals surface area contributed by atoms with Gasteiger partial charge in [0.05, 0.1) is 11.4 Å². The van der Waals surface area contributed by atoms with Gasteiger partial charge < -0.3 is 15.8 Å². The molecule has 0 aliphatic heterocycles. The van der Waals surface area contributed by atoms with Crippen molar-refractivity contribution in [3.8, 4) is 0 Å². The van der Waals surface area contributed by atoms with Crippen LogP contribution in [0.4, 0.5) is 5.69 Å². The van der Waals surface area contributed by atoms with Crippen molar-refractivity contribution in [2.24, 2.45) is 0 Å². The number of aromatic nitrogens is 2. The Bertz CT molecular complexity index is 511. The van der Waals surface area contributed by atoms with Crippen LogP contribution in [0.3, 0.4) is 0 Å². The maximum Gasteiger partial charge on any atom is 0.359 e. The number of amides is 1. The maximum atomic E-state index is 12.2. The van der Waals surface area contributed by atoms with Crippen LogP contribution in [0.2, 0.25) is 0 Å². The molecule has 1 atom stereocenters. The second kappa shape index (κ2) is 7.66. The van der Waals surface area contributed by atoms with Gasteiger partial charge in [-0.1, -0.05) is 13.3 Å². The van der Waals surface area contributed by atoms with Gasteiger partial charge in [0.15, 0.2) is 11.8 Å². The Morgan fingerprint density at radius 1 is 1.43 bits per heavy atom. The number of hydrogen-bond donors (Lipinski definition) is 2.